The van der Waals surface area contributed by atoms with Crippen LogP contribution >= 0.6 is 0 Å². The van der Waals surface area contributed by atoms with Crippen LogP contribution in [0.2, 0.25) is 0 Å². The van der Waals surface area contributed by atoms with Crippen molar-refractivity contribution < 1.29 is 14.3 Å². The van der Waals surface area contributed by atoms with Gasteiger partial charge in [0.2, 0.25) is 0 Å². The second kappa shape index (κ2) is 7.61. The zero-order valence-corrected chi connectivity index (χ0v) is 12.5. The second-order valence-electron chi connectivity index (χ2n) is 4.90. The zero-order valence-electron chi connectivity index (χ0n) is 12.5. The van der Waals surface area contributed by atoms with Gasteiger partial charge in [0.05, 0.1) is 12.3 Å². The van der Waals surface area contributed by atoms with Gasteiger partial charge in [0.25, 0.3) is 0 Å². The first-order chi connectivity index (χ1) is 10.7. The summed E-state index contributed by atoms with van der Waals surface area (Å²) in [6, 6.07) is 7.86. The first-order valence-corrected chi connectivity index (χ1v) is 7.25. The van der Waals surface area contributed by atoms with Gasteiger partial charge in [0, 0.05) is 31.2 Å². The molecule has 6 heteroatoms. The van der Waals surface area contributed by atoms with E-state index in [-0.39, 0.29) is 18.8 Å². The summed E-state index contributed by atoms with van der Waals surface area (Å²) in [5, 5.41) is 11.6. The van der Waals surface area contributed by atoms with Crippen LogP contribution in [0.5, 0.6) is 0 Å². The van der Waals surface area contributed by atoms with Crippen molar-refractivity contribution in [3.63, 3.8) is 0 Å². The standard InChI is InChI=1S/C16H20FN3O2/c1-2-7-20(10-11-21)16(22)18-15-12-13(5-6-14(15)17)19-8-3-4-9-19/h3-6,8-9,12,21H,2,7,10-11H2,1H3,(H,18,22). The van der Waals surface area contributed by atoms with E-state index >= 15 is 0 Å². The molecule has 2 amide bonds. The van der Waals surface area contributed by atoms with Crippen LogP contribution in [0.25, 0.3) is 5.69 Å². The number of aliphatic hydroxyl groups excluding tert-OH is 1. The quantitative estimate of drug-likeness (QED) is 0.862. The van der Waals surface area contributed by atoms with Crippen LogP contribution in [0.3, 0.4) is 0 Å². The number of urea groups is 1. The predicted molar refractivity (Wildman–Crippen MR) is 83.7 cm³/mol. The Morgan fingerprint density at radius 2 is 2.05 bits per heavy atom. The van der Waals surface area contributed by atoms with Crippen molar-refractivity contribution in [3.8, 4) is 5.69 Å². The maximum absolute atomic E-state index is 13.9. The van der Waals surface area contributed by atoms with E-state index in [4.69, 9.17) is 5.11 Å². The van der Waals surface area contributed by atoms with E-state index in [9.17, 15) is 9.18 Å². The molecule has 0 fully saturated rings. The Bertz CT molecular complexity index is 608. The normalized spacial score (nSPS) is 10.5. The van der Waals surface area contributed by atoms with Gasteiger partial charge >= 0.3 is 6.03 Å². The lowest BCUT2D eigenvalue weighted by atomic mass is 10.2. The Labute approximate surface area is 129 Å². The Kier molecular flexibility index (Phi) is 5.55. The van der Waals surface area contributed by atoms with Crippen molar-refractivity contribution in [3.05, 3.63) is 48.5 Å². The van der Waals surface area contributed by atoms with Crippen molar-refractivity contribution in [2.24, 2.45) is 0 Å². The third-order valence-electron chi connectivity index (χ3n) is 3.24. The maximum atomic E-state index is 13.9. The van der Waals surface area contributed by atoms with Crippen molar-refractivity contribution in [1.82, 2.24) is 9.47 Å². The molecule has 22 heavy (non-hydrogen) atoms. The number of hydrogen-bond donors (Lipinski definition) is 2. The Hall–Kier alpha value is -2.34. The highest BCUT2D eigenvalue weighted by atomic mass is 19.1. The number of carbonyl (C=O) groups excluding carboxylic acids is 1. The fraction of sp³-hybridized carbons (Fsp3) is 0.312. The molecule has 0 unspecified atom stereocenters. The molecule has 0 spiro atoms. The van der Waals surface area contributed by atoms with Crippen LogP contribution in [-0.2, 0) is 0 Å². The average molecular weight is 305 g/mol. The SMILES string of the molecule is CCCN(CCO)C(=O)Nc1cc(-n2cccc2)ccc1F. The van der Waals surface area contributed by atoms with Crippen LogP contribution in [0.4, 0.5) is 14.9 Å². The zero-order chi connectivity index (χ0) is 15.9. The monoisotopic (exact) mass is 305 g/mol. The molecule has 2 N–H and O–H groups in total. The highest BCUT2D eigenvalue weighted by Gasteiger charge is 2.14. The van der Waals surface area contributed by atoms with E-state index in [1.54, 1.807) is 12.1 Å². The van der Waals surface area contributed by atoms with Gasteiger partial charge in [-0.05, 0) is 36.8 Å². The third kappa shape index (κ3) is 3.85. The highest BCUT2D eigenvalue weighted by molar-refractivity contribution is 5.89. The Morgan fingerprint density at radius 3 is 2.68 bits per heavy atom. The number of anilines is 1. The number of nitrogens with one attached hydrogen (secondary N) is 1. The summed E-state index contributed by atoms with van der Waals surface area (Å²) in [4.78, 5) is 13.6. The van der Waals surface area contributed by atoms with Crippen molar-refractivity contribution in [2.45, 2.75) is 13.3 Å². The minimum absolute atomic E-state index is 0.121. The smallest absolute Gasteiger partial charge is 0.322 e. The van der Waals surface area contributed by atoms with Gasteiger partial charge in [-0.1, -0.05) is 6.92 Å². The van der Waals surface area contributed by atoms with Gasteiger partial charge in [-0.25, -0.2) is 9.18 Å². The number of rotatable bonds is 6. The molecule has 0 aliphatic carbocycles. The summed E-state index contributed by atoms with van der Waals surface area (Å²) in [5.74, 6) is -0.496. The van der Waals surface area contributed by atoms with Gasteiger partial charge in [0.15, 0.2) is 0 Å². The van der Waals surface area contributed by atoms with Gasteiger partial charge in [-0.3, -0.25) is 0 Å². The van der Waals surface area contributed by atoms with Gasteiger partial charge < -0.3 is 19.9 Å². The predicted octanol–water partition coefficient (Wildman–Crippen LogP) is 2.85. The van der Waals surface area contributed by atoms with Crippen LogP contribution in [0, 0.1) is 5.82 Å². The van der Waals surface area contributed by atoms with Crippen molar-refractivity contribution in [2.75, 3.05) is 25.0 Å². The molecular weight excluding hydrogens is 285 g/mol. The lowest BCUT2D eigenvalue weighted by Crippen LogP contribution is -2.37. The maximum Gasteiger partial charge on any atom is 0.322 e. The van der Waals surface area contributed by atoms with E-state index in [1.165, 1.54) is 11.0 Å². The number of aromatic nitrogens is 1. The number of hydrogen-bond acceptors (Lipinski definition) is 2. The number of halogens is 1. The number of benzene rings is 1. The highest BCUT2D eigenvalue weighted by Crippen LogP contribution is 2.19. The molecule has 0 radical (unpaired) electrons. The van der Waals surface area contributed by atoms with E-state index in [1.807, 2.05) is 36.0 Å². The Morgan fingerprint density at radius 1 is 1.32 bits per heavy atom. The summed E-state index contributed by atoms with van der Waals surface area (Å²) in [6.07, 6.45) is 4.45. The minimum atomic E-state index is -0.496. The number of aliphatic hydroxyl groups is 1. The summed E-state index contributed by atoms with van der Waals surface area (Å²) in [6.45, 7) is 2.54. The number of carbonyl (C=O) groups is 1. The number of amides is 2. The molecule has 2 aromatic rings. The van der Waals surface area contributed by atoms with Crippen molar-refractivity contribution in [1.29, 1.82) is 0 Å². The van der Waals surface area contributed by atoms with Gasteiger partial charge in [-0.2, -0.15) is 0 Å². The fourth-order valence-corrected chi connectivity index (χ4v) is 2.18. The molecule has 0 saturated heterocycles. The molecule has 118 valence electrons. The van der Waals surface area contributed by atoms with E-state index in [0.29, 0.717) is 6.54 Å². The summed E-state index contributed by atoms with van der Waals surface area (Å²) in [5.41, 5.74) is 0.876. The minimum Gasteiger partial charge on any atom is -0.395 e. The fourth-order valence-electron chi connectivity index (χ4n) is 2.18. The van der Waals surface area contributed by atoms with E-state index in [0.717, 1.165) is 12.1 Å². The molecule has 0 bridgehead atoms. The average Bonchev–Trinajstić information content (AvgIpc) is 3.03. The molecule has 5 nitrogen and oxygen atoms in total. The topological polar surface area (TPSA) is 57.5 Å². The van der Waals surface area contributed by atoms with Gasteiger partial charge in [-0.15, -0.1) is 0 Å². The first kappa shape index (κ1) is 16.0. The molecule has 1 aromatic heterocycles. The molecule has 0 aliphatic rings. The lowest BCUT2D eigenvalue weighted by Gasteiger charge is -2.21. The molecular formula is C16H20FN3O2. The van der Waals surface area contributed by atoms with E-state index < -0.39 is 11.8 Å². The van der Waals surface area contributed by atoms with Crippen LogP contribution in [-0.4, -0.2) is 40.3 Å². The molecule has 2 rings (SSSR count). The summed E-state index contributed by atoms with van der Waals surface area (Å²) >= 11 is 0. The molecule has 1 aromatic carbocycles. The van der Waals surface area contributed by atoms with Crippen LogP contribution in [0.15, 0.2) is 42.7 Å². The largest absolute Gasteiger partial charge is 0.395 e. The van der Waals surface area contributed by atoms with Crippen molar-refractivity contribution >= 4 is 11.7 Å². The number of nitrogens with zero attached hydrogens (tertiary/aromatic N) is 2. The van der Waals surface area contributed by atoms with E-state index in [2.05, 4.69) is 5.32 Å². The summed E-state index contributed by atoms with van der Waals surface area (Å²) in [7, 11) is 0. The lowest BCUT2D eigenvalue weighted by molar-refractivity contribution is 0.188. The van der Waals surface area contributed by atoms with Crippen LogP contribution < -0.4 is 5.32 Å². The molecule has 0 aliphatic heterocycles. The molecule has 1 heterocycles. The molecule has 0 saturated carbocycles. The summed E-state index contributed by atoms with van der Waals surface area (Å²) < 4.78 is 15.7. The first-order valence-electron chi connectivity index (χ1n) is 7.25. The van der Waals surface area contributed by atoms with Crippen LogP contribution in [0.1, 0.15) is 13.3 Å². The molecule has 0 atom stereocenters. The second-order valence-corrected chi connectivity index (χ2v) is 4.90. The third-order valence-corrected chi connectivity index (χ3v) is 3.24. The van der Waals surface area contributed by atoms with Gasteiger partial charge in [0.1, 0.15) is 5.82 Å². The Balaban J connectivity index is 2.17.